The Balaban J connectivity index is 2.89. The van der Waals surface area contributed by atoms with E-state index in [0.29, 0.717) is 6.42 Å². The lowest BCUT2D eigenvalue weighted by Gasteiger charge is -2.29. The molecule has 3 nitrogen and oxygen atoms in total. The molecule has 0 N–H and O–H groups in total. The summed E-state index contributed by atoms with van der Waals surface area (Å²) in [6, 6.07) is 10.2. The summed E-state index contributed by atoms with van der Waals surface area (Å²) in [5.41, 5.74) is 1.17. The molecule has 17 heavy (non-hydrogen) atoms. The number of carbonyl (C=O) groups is 1. The van der Waals surface area contributed by atoms with Crippen LogP contribution in [0.25, 0.3) is 0 Å². The van der Waals surface area contributed by atoms with Gasteiger partial charge < -0.3 is 4.74 Å². The molecule has 0 aliphatic carbocycles. The van der Waals surface area contributed by atoms with Crippen LogP contribution in [0.2, 0.25) is 0 Å². The summed E-state index contributed by atoms with van der Waals surface area (Å²) in [5.74, 6) is -0.161. The smallest absolute Gasteiger partial charge is 0.307 e. The minimum atomic E-state index is -0.161. The Labute approximate surface area is 103 Å². The maximum absolute atomic E-state index is 11.5. The van der Waals surface area contributed by atoms with Gasteiger partial charge in [0.1, 0.15) is 0 Å². The molecule has 0 fully saturated rings. The molecule has 0 radical (unpaired) electrons. The lowest BCUT2D eigenvalue weighted by atomic mass is 10.0. The van der Waals surface area contributed by atoms with E-state index >= 15 is 0 Å². The summed E-state index contributed by atoms with van der Waals surface area (Å²) >= 11 is 0. The molecule has 1 aromatic rings. The fourth-order valence-electron chi connectivity index (χ4n) is 2.04. The SMILES string of the molecule is CCN(CC)C(CC(=O)OC)c1ccccc1. The van der Waals surface area contributed by atoms with Crippen molar-refractivity contribution in [3.8, 4) is 0 Å². The van der Waals surface area contributed by atoms with E-state index in [4.69, 9.17) is 4.74 Å². The van der Waals surface area contributed by atoms with Gasteiger partial charge in [0, 0.05) is 6.04 Å². The molecule has 0 aromatic heterocycles. The summed E-state index contributed by atoms with van der Waals surface area (Å²) < 4.78 is 4.78. The third-order valence-electron chi connectivity index (χ3n) is 3.03. The second-order valence-electron chi connectivity index (χ2n) is 3.93. The van der Waals surface area contributed by atoms with E-state index < -0.39 is 0 Å². The van der Waals surface area contributed by atoms with Crippen LogP contribution < -0.4 is 0 Å². The first-order valence-electron chi connectivity index (χ1n) is 6.08. The summed E-state index contributed by atoms with van der Waals surface area (Å²) in [4.78, 5) is 13.8. The molecule has 1 rings (SSSR count). The number of rotatable bonds is 6. The molecule has 0 aliphatic rings. The van der Waals surface area contributed by atoms with Gasteiger partial charge in [-0.2, -0.15) is 0 Å². The van der Waals surface area contributed by atoms with Crippen molar-refractivity contribution in [2.24, 2.45) is 0 Å². The van der Waals surface area contributed by atoms with Crippen LogP contribution in [0, 0.1) is 0 Å². The standard InChI is InChI=1S/C14H21NO2/c1-4-15(5-2)13(11-14(16)17-3)12-9-7-6-8-10-12/h6-10,13H,4-5,11H2,1-3H3. The lowest BCUT2D eigenvalue weighted by Crippen LogP contribution is -2.30. The van der Waals surface area contributed by atoms with Crippen LogP contribution in [-0.2, 0) is 9.53 Å². The average Bonchev–Trinajstić information content (AvgIpc) is 2.39. The Bertz CT molecular complexity index is 333. The van der Waals surface area contributed by atoms with Gasteiger partial charge in [-0.1, -0.05) is 44.2 Å². The summed E-state index contributed by atoms with van der Waals surface area (Å²) in [7, 11) is 1.44. The van der Waals surface area contributed by atoms with Gasteiger partial charge in [-0.3, -0.25) is 9.69 Å². The maximum Gasteiger partial charge on any atom is 0.307 e. The highest BCUT2D eigenvalue weighted by molar-refractivity contribution is 5.70. The van der Waals surface area contributed by atoms with Gasteiger partial charge in [-0.15, -0.1) is 0 Å². The maximum atomic E-state index is 11.5. The second kappa shape index (κ2) is 7.07. The summed E-state index contributed by atoms with van der Waals surface area (Å²) in [6.45, 7) is 6.06. The summed E-state index contributed by atoms with van der Waals surface area (Å²) in [5, 5.41) is 0. The fraction of sp³-hybridized carbons (Fsp3) is 0.500. The van der Waals surface area contributed by atoms with Crippen molar-refractivity contribution in [2.75, 3.05) is 20.2 Å². The quantitative estimate of drug-likeness (QED) is 0.710. The Morgan fingerprint density at radius 3 is 2.29 bits per heavy atom. The molecular weight excluding hydrogens is 214 g/mol. The first kappa shape index (κ1) is 13.7. The van der Waals surface area contributed by atoms with Crippen molar-refractivity contribution < 1.29 is 9.53 Å². The van der Waals surface area contributed by atoms with Crippen molar-refractivity contribution >= 4 is 5.97 Å². The van der Waals surface area contributed by atoms with Crippen molar-refractivity contribution in [3.05, 3.63) is 35.9 Å². The minimum Gasteiger partial charge on any atom is -0.469 e. The van der Waals surface area contributed by atoms with E-state index in [0.717, 1.165) is 13.1 Å². The Hall–Kier alpha value is -1.35. The molecule has 0 amide bonds. The van der Waals surface area contributed by atoms with E-state index in [1.807, 2.05) is 18.2 Å². The molecule has 0 bridgehead atoms. The molecule has 1 aromatic carbocycles. The third kappa shape index (κ3) is 3.86. The van der Waals surface area contributed by atoms with Gasteiger partial charge in [0.05, 0.1) is 13.5 Å². The minimum absolute atomic E-state index is 0.110. The zero-order chi connectivity index (χ0) is 12.7. The molecule has 0 saturated carbocycles. The normalized spacial score (nSPS) is 12.5. The molecule has 0 heterocycles. The molecule has 0 spiro atoms. The van der Waals surface area contributed by atoms with Gasteiger partial charge >= 0.3 is 5.97 Å². The number of nitrogens with zero attached hydrogens (tertiary/aromatic N) is 1. The molecule has 3 heteroatoms. The highest BCUT2D eigenvalue weighted by Gasteiger charge is 2.21. The van der Waals surface area contributed by atoms with E-state index in [-0.39, 0.29) is 12.0 Å². The van der Waals surface area contributed by atoms with E-state index in [9.17, 15) is 4.79 Å². The predicted molar refractivity (Wildman–Crippen MR) is 68.7 cm³/mol. The van der Waals surface area contributed by atoms with Crippen LogP contribution >= 0.6 is 0 Å². The van der Waals surface area contributed by atoms with Crippen LogP contribution in [-0.4, -0.2) is 31.1 Å². The second-order valence-corrected chi connectivity index (χ2v) is 3.93. The monoisotopic (exact) mass is 235 g/mol. The average molecular weight is 235 g/mol. The van der Waals surface area contributed by atoms with Crippen LogP contribution in [0.15, 0.2) is 30.3 Å². The van der Waals surface area contributed by atoms with E-state index in [2.05, 4.69) is 30.9 Å². The van der Waals surface area contributed by atoms with Gasteiger partial charge in [0.2, 0.25) is 0 Å². The van der Waals surface area contributed by atoms with Crippen LogP contribution in [0.4, 0.5) is 0 Å². The van der Waals surface area contributed by atoms with Crippen molar-refractivity contribution in [1.82, 2.24) is 4.90 Å². The first-order valence-corrected chi connectivity index (χ1v) is 6.08. The van der Waals surface area contributed by atoms with Crippen molar-refractivity contribution in [3.63, 3.8) is 0 Å². The zero-order valence-corrected chi connectivity index (χ0v) is 10.8. The fourth-order valence-corrected chi connectivity index (χ4v) is 2.04. The topological polar surface area (TPSA) is 29.5 Å². The molecule has 0 saturated heterocycles. The van der Waals surface area contributed by atoms with Crippen molar-refractivity contribution in [1.29, 1.82) is 0 Å². The van der Waals surface area contributed by atoms with E-state index in [1.54, 1.807) is 0 Å². The molecular formula is C14H21NO2. The van der Waals surface area contributed by atoms with Crippen LogP contribution in [0.1, 0.15) is 31.9 Å². The Morgan fingerprint density at radius 2 is 1.82 bits per heavy atom. The van der Waals surface area contributed by atoms with Gasteiger partial charge in [-0.05, 0) is 18.7 Å². The van der Waals surface area contributed by atoms with Crippen LogP contribution in [0.3, 0.4) is 0 Å². The first-order chi connectivity index (χ1) is 8.22. The summed E-state index contributed by atoms with van der Waals surface area (Å²) in [6.07, 6.45) is 0.405. The third-order valence-corrected chi connectivity index (χ3v) is 3.03. The number of ether oxygens (including phenoxy) is 1. The largest absolute Gasteiger partial charge is 0.469 e. The molecule has 94 valence electrons. The molecule has 1 atom stereocenters. The predicted octanol–water partition coefficient (Wildman–Crippen LogP) is 2.63. The highest BCUT2D eigenvalue weighted by Crippen LogP contribution is 2.24. The number of hydrogen-bond donors (Lipinski definition) is 0. The van der Waals surface area contributed by atoms with E-state index in [1.165, 1.54) is 12.7 Å². The number of esters is 1. The number of benzene rings is 1. The highest BCUT2D eigenvalue weighted by atomic mass is 16.5. The zero-order valence-electron chi connectivity index (χ0n) is 10.8. The number of hydrogen-bond acceptors (Lipinski definition) is 3. The Morgan fingerprint density at radius 1 is 1.24 bits per heavy atom. The van der Waals surface area contributed by atoms with Gasteiger partial charge in [0.15, 0.2) is 0 Å². The lowest BCUT2D eigenvalue weighted by molar-refractivity contribution is -0.142. The number of methoxy groups -OCH3 is 1. The van der Waals surface area contributed by atoms with Gasteiger partial charge in [-0.25, -0.2) is 0 Å². The molecule has 1 unspecified atom stereocenters. The van der Waals surface area contributed by atoms with Gasteiger partial charge in [0.25, 0.3) is 0 Å². The molecule has 0 aliphatic heterocycles. The number of carbonyl (C=O) groups excluding carboxylic acids is 1. The Kier molecular flexibility index (Phi) is 5.70. The van der Waals surface area contributed by atoms with Crippen molar-refractivity contribution in [2.45, 2.75) is 26.3 Å². The van der Waals surface area contributed by atoms with Crippen LogP contribution in [0.5, 0.6) is 0 Å².